The average molecular weight is 374 g/mol. The van der Waals surface area contributed by atoms with Crippen molar-refractivity contribution >= 4 is 23.4 Å². The van der Waals surface area contributed by atoms with E-state index in [0.717, 1.165) is 18.5 Å². The number of carbonyl (C=O) groups is 2. The summed E-state index contributed by atoms with van der Waals surface area (Å²) >= 11 is 0. The molecule has 27 heavy (non-hydrogen) atoms. The Balaban J connectivity index is 0.00000261. The normalized spacial score (nSPS) is 20.3. The van der Waals surface area contributed by atoms with Gasteiger partial charge in [-0.3, -0.25) is 9.69 Å². The SMILES string of the molecule is C.CC(=O)NC[C@H]1CN(c2ccc(N3CCCC3=CC#N)c(F)c2)C(=O)O1. The molecule has 2 aliphatic rings. The lowest BCUT2D eigenvalue weighted by Crippen LogP contribution is -2.33. The third kappa shape index (κ3) is 4.37. The molecule has 0 saturated carbocycles. The molecule has 1 aromatic rings. The van der Waals surface area contributed by atoms with Gasteiger partial charge in [0, 0.05) is 25.2 Å². The van der Waals surface area contributed by atoms with Crippen molar-refractivity contribution < 1.29 is 18.7 Å². The third-order valence-corrected chi connectivity index (χ3v) is 4.38. The van der Waals surface area contributed by atoms with E-state index in [-0.39, 0.29) is 26.4 Å². The minimum absolute atomic E-state index is 0. The molecule has 3 rings (SSSR count). The van der Waals surface area contributed by atoms with Gasteiger partial charge >= 0.3 is 6.09 Å². The number of cyclic esters (lactones) is 1. The number of ether oxygens (including phenoxy) is 1. The van der Waals surface area contributed by atoms with Gasteiger partial charge in [-0.05, 0) is 31.0 Å². The Labute approximate surface area is 158 Å². The summed E-state index contributed by atoms with van der Waals surface area (Å²) in [5.41, 5.74) is 1.57. The Kier molecular flexibility index (Phi) is 6.40. The third-order valence-electron chi connectivity index (χ3n) is 4.38. The summed E-state index contributed by atoms with van der Waals surface area (Å²) < 4.78 is 19.9. The molecule has 2 aliphatic heterocycles. The highest BCUT2D eigenvalue weighted by molar-refractivity contribution is 5.90. The summed E-state index contributed by atoms with van der Waals surface area (Å²) in [5, 5.41) is 11.4. The predicted octanol–water partition coefficient (Wildman–Crippen LogP) is 2.93. The number of carbonyl (C=O) groups excluding carboxylic acids is 2. The number of amides is 2. The number of nitrogens with zero attached hydrogens (tertiary/aromatic N) is 3. The van der Waals surface area contributed by atoms with Crippen LogP contribution >= 0.6 is 0 Å². The summed E-state index contributed by atoms with van der Waals surface area (Å²) in [5.74, 6) is -0.673. The van der Waals surface area contributed by atoms with E-state index in [1.165, 1.54) is 24.0 Å². The predicted molar refractivity (Wildman–Crippen MR) is 99.7 cm³/mol. The number of nitrogens with one attached hydrogen (secondary N) is 1. The van der Waals surface area contributed by atoms with Crippen LogP contribution in [-0.4, -0.2) is 37.7 Å². The van der Waals surface area contributed by atoms with Crippen molar-refractivity contribution in [2.75, 3.05) is 29.4 Å². The van der Waals surface area contributed by atoms with Crippen LogP contribution in [0.2, 0.25) is 0 Å². The highest BCUT2D eigenvalue weighted by Crippen LogP contribution is 2.33. The van der Waals surface area contributed by atoms with Gasteiger partial charge in [0.2, 0.25) is 5.91 Å². The first kappa shape index (κ1) is 20.2. The van der Waals surface area contributed by atoms with Gasteiger partial charge in [0.25, 0.3) is 0 Å². The largest absolute Gasteiger partial charge is 0.442 e. The van der Waals surface area contributed by atoms with Crippen LogP contribution in [0, 0.1) is 17.1 Å². The minimum Gasteiger partial charge on any atom is -0.442 e. The maximum Gasteiger partial charge on any atom is 0.414 e. The Hall–Kier alpha value is -3.08. The Bertz CT molecular complexity index is 803. The van der Waals surface area contributed by atoms with Crippen LogP contribution < -0.4 is 15.1 Å². The van der Waals surface area contributed by atoms with Crippen LogP contribution in [0.1, 0.15) is 27.2 Å². The molecule has 0 spiro atoms. The van der Waals surface area contributed by atoms with Crippen LogP contribution in [0.25, 0.3) is 0 Å². The molecule has 0 radical (unpaired) electrons. The van der Waals surface area contributed by atoms with E-state index in [2.05, 4.69) is 5.32 Å². The smallest absolute Gasteiger partial charge is 0.414 e. The molecule has 2 fully saturated rings. The van der Waals surface area contributed by atoms with Crippen molar-refractivity contribution in [2.45, 2.75) is 33.3 Å². The molecule has 1 atom stereocenters. The number of nitriles is 1. The molecule has 144 valence electrons. The second-order valence-electron chi connectivity index (χ2n) is 6.21. The lowest BCUT2D eigenvalue weighted by Gasteiger charge is -2.22. The van der Waals surface area contributed by atoms with Gasteiger partial charge in [0.1, 0.15) is 11.9 Å². The number of hydrogen-bond acceptors (Lipinski definition) is 5. The number of halogens is 1. The van der Waals surface area contributed by atoms with Gasteiger partial charge in [0.05, 0.1) is 30.5 Å². The van der Waals surface area contributed by atoms with Crippen LogP contribution in [0.4, 0.5) is 20.6 Å². The zero-order valence-corrected chi connectivity index (χ0v) is 14.4. The second-order valence-corrected chi connectivity index (χ2v) is 6.21. The lowest BCUT2D eigenvalue weighted by molar-refractivity contribution is -0.119. The second kappa shape index (κ2) is 8.54. The molecule has 7 nitrogen and oxygen atoms in total. The average Bonchev–Trinajstić information content (AvgIpc) is 3.20. The Morgan fingerprint density at radius 2 is 2.26 bits per heavy atom. The number of allylic oxidation sites excluding steroid dienone is 2. The fraction of sp³-hybridized carbons (Fsp3) is 0.421. The van der Waals surface area contributed by atoms with Crippen molar-refractivity contribution in [1.82, 2.24) is 5.32 Å². The van der Waals surface area contributed by atoms with E-state index in [9.17, 15) is 14.0 Å². The van der Waals surface area contributed by atoms with Crippen molar-refractivity contribution in [3.05, 3.63) is 35.8 Å². The summed E-state index contributed by atoms with van der Waals surface area (Å²) in [6, 6.07) is 6.54. The van der Waals surface area contributed by atoms with E-state index >= 15 is 0 Å². The first-order valence-electron chi connectivity index (χ1n) is 8.38. The fourth-order valence-corrected chi connectivity index (χ4v) is 3.18. The Morgan fingerprint density at radius 3 is 2.93 bits per heavy atom. The first-order valence-corrected chi connectivity index (χ1v) is 8.38. The molecule has 2 heterocycles. The van der Waals surface area contributed by atoms with Gasteiger partial charge in [-0.15, -0.1) is 0 Å². The van der Waals surface area contributed by atoms with Crippen LogP contribution in [0.3, 0.4) is 0 Å². The molecule has 0 aliphatic carbocycles. The van der Waals surface area contributed by atoms with Gasteiger partial charge in [0.15, 0.2) is 0 Å². The van der Waals surface area contributed by atoms with Crippen LogP contribution in [0.5, 0.6) is 0 Å². The number of anilines is 2. The van der Waals surface area contributed by atoms with E-state index in [1.807, 2.05) is 6.07 Å². The van der Waals surface area contributed by atoms with E-state index in [1.54, 1.807) is 17.0 Å². The molecule has 1 aromatic carbocycles. The molecular formula is C19H23FN4O3. The first-order chi connectivity index (χ1) is 12.5. The highest BCUT2D eigenvalue weighted by atomic mass is 19.1. The van der Waals surface area contributed by atoms with Gasteiger partial charge < -0.3 is 15.0 Å². The van der Waals surface area contributed by atoms with Crippen molar-refractivity contribution in [3.63, 3.8) is 0 Å². The van der Waals surface area contributed by atoms with Crippen molar-refractivity contribution in [2.24, 2.45) is 0 Å². The van der Waals surface area contributed by atoms with Crippen molar-refractivity contribution in [3.8, 4) is 6.07 Å². The summed E-state index contributed by atoms with van der Waals surface area (Å²) in [4.78, 5) is 26.1. The minimum atomic E-state index is -0.571. The molecular weight excluding hydrogens is 351 g/mol. The van der Waals surface area contributed by atoms with Gasteiger partial charge in [-0.25, -0.2) is 9.18 Å². The summed E-state index contributed by atoms with van der Waals surface area (Å²) in [6.07, 6.45) is 1.98. The number of benzene rings is 1. The number of hydrogen-bond donors (Lipinski definition) is 1. The highest BCUT2D eigenvalue weighted by Gasteiger charge is 2.33. The maximum atomic E-state index is 14.7. The molecule has 1 N–H and O–H groups in total. The zero-order chi connectivity index (χ0) is 18.7. The van der Waals surface area contributed by atoms with Crippen LogP contribution in [-0.2, 0) is 9.53 Å². The molecule has 0 unspecified atom stereocenters. The quantitative estimate of drug-likeness (QED) is 0.819. The molecule has 2 amide bonds. The summed E-state index contributed by atoms with van der Waals surface area (Å²) in [7, 11) is 0. The van der Waals surface area contributed by atoms with Gasteiger partial charge in [-0.2, -0.15) is 5.26 Å². The monoisotopic (exact) mass is 374 g/mol. The van der Waals surface area contributed by atoms with E-state index in [4.69, 9.17) is 10.00 Å². The topological polar surface area (TPSA) is 85.7 Å². The lowest BCUT2D eigenvalue weighted by atomic mass is 10.2. The number of rotatable bonds is 4. The fourth-order valence-electron chi connectivity index (χ4n) is 3.18. The summed E-state index contributed by atoms with van der Waals surface area (Å²) in [6.45, 7) is 2.49. The van der Waals surface area contributed by atoms with E-state index in [0.29, 0.717) is 17.9 Å². The maximum absolute atomic E-state index is 14.7. The standard InChI is InChI=1S/C18H19FN4O3.CH4/c1-12(24)21-10-15-11-23(18(25)26-15)14-4-5-17(16(19)9-14)22-8-2-3-13(22)6-7-20;/h4-6,9,15H,2-3,8,10-11H2,1H3,(H,21,24);1H4/t15-;/m0./s1. The van der Waals surface area contributed by atoms with Gasteiger partial charge in [-0.1, -0.05) is 7.43 Å². The Morgan fingerprint density at radius 1 is 1.48 bits per heavy atom. The zero-order valence-electron chi connectivity index (χ0n) is 14.4. The molecule has 0 bridgehead atoms. The van der Waals surface area contributed by atoms with Crippen molar-refractivity contribution in [1.29, 1.82) is 5.26 Å². The molecule has 8 heteroatoms. The molecule has 2 saturated heterocycles. The van der Waals surface area contributed by atoms with Crippen LogP contribution in [0.15, 0.2) is 30.0 Å². The molecule has 0 aromatic heterocycles. The van der Waals surface area contributed by atoms with E-state index < -0.39 is 18.0 Å².